The molecule has 0 fully saturated rings. The van der Waals surface area contributed by atoms with E-state index in [4.69, 9.17) is 11.0 Å². The quantitative estimate of drug-likeness (QED) is 0.751. The highest BCUT2D eigenvalue weighted by Gasteiger charge is 2.27. The van der Waals surface area contributed by atoms with Crippen molar-refractivity contribution in [2.75, 3.05) is 6.54 Å². The van der Waals surface area contributed by atoms with Crippen molar-refractivity contribution in [1.29, 1.82) is 5.26 Å². The van der Waals surface area contributed by atoms with Gasteiger partial charge in [0.1, 0.15) is 6.04 Å². The molecule has 1 heterocycles. The molecule has 1 aromatic carbocycles. The summed E-state index contributed by atoms with van der Waals surface area (Å²) in [5, 5.41) is 15.1. The minimum atomic E-state index is -0.368. The number of benzene rings is 1. The van der Waals surface area contributed by atoms with E-state index in [0.29, 0.717) is 5.56 Å². The Balaban J connectivity index is 2.20. The topological polar surface area (TPSA) is 90.9 Å². The van der Waals surface area contributed by atoms with Gasteiger partial charge in [0.25, 0.3) is 0 Å². The zero-order valence-electron chi connectivity index (χ0n) is 11.8. The van der Waals surface area contributed by atoms with E-state index in [1.165, 1.54) is 0 Å². The third-order valence-electron chi connectivity index (χ3n) is 3.75. The van der Waals surface area contributed by atoms with Gasteiger partial charge in [0.2, 0.25) is 5.91 Å². The Hall–Kier alpha value is -1.90. The van der Waals surface area contributed by atoms with Crippen molar-refractivity contribution < 1.29 is 4.79 Å². The molecule has 0 saturated heterocycles. The lowest BCUT2D eigenvalue weighted by atomic mass is 9.92. The number of hydrogen-bond donors (Lipinski definition) is 3. The van der Waals surface area contributed by atoms with Gasteiger partial charge in [0, 0.05) is 18.6 Å². The van der Waals surface area contributed by atoms with E-state index in [2.05, 4.69) is 16.7 Å². The molecule has 0 bridgehead atoms. The molecule has 1 aromatic rings. The normalized spacial score (nSPS) is 20.4. The number of nitriles is 1. The highest BCUT2D eigenvalue weighted by Crippen LogP contribution is 2.24. The summed E-state index contributed by atoms with van der Waals surface area (Å²) in [6.45, 7) is 4.49. The first-order valence-electron chi connectivity index (χ1n) is 6.85. The number of nitrogens with zero attached hydrogens (tertiary/aromatic N) is 1. The number of carbonyl (C=O) groups is 1. The van der Waals surface area contributed by atoms with Crippen LogP contribution in [0.15, 0.2) is 18.2 Å². The van der Waals surface area contributed by atoms with Crippen LogP contribution in [0.3, 0.4) is 0 Å². The maximum absolute atomic E-state index is 12.3. The van der Waals surface area contributed by atoms with Crippen LogP contribution >= 0.6 is 0 Å². The maximum Gasteiger partial charge on any atom is 0.242 e. The van der Waals surface area contributed by atoms with Gasteiger partial charge in [-0.05, 0) is 43.5 Å². The highest BCUT2D eigenvalue weighted by molar-refractivity contribution is 5.84. The van der Waals surface area contributed by atoms with Gasteiger partial charge in [0.15, 0.2) is 0 Å². The second-order valence-corrected chi connectivity index (χ2v) is 5.32. The average molecular weight is 272 g/mol. The molecule has 2 rings (SSSR count). The number of rotatable bonds is 3. The zero-order valence-corrected chi connectivity index (χ0v) is 11.8. The van der Waals surface area contributed by atoms with Gasteiger partial charge >= 0.3 is 0 Å². The Bertz CT molecular complexity index is 547. The summed E-state index contributed by atoms with van der Waals surface area (Å²) in [7, 11) is 0. The number of amides is 1. The Morgan fingerprint density at radius 3 is 2.95 bits per heavy atom. The van der Waals surface area contributed by atoms with Gasteiger partial charge in [-0.25, -0.2) is 0 Å². The van der Waals surface area contributed by atoms with Gasteiger partial charge in [0.05, 0.1) is 11.6 Å². The van der Waals surface area contributed by atoms with Gasteiger partial charge in [-0.1, -0.05) is 6.07 Å². The predicted octanol–water partition coefficient (Wildman–Crippen LogP) is 0.597. The van der Waals surface area contributed by atoms with E-state index in [1.807, 2.05) is 26.0 Å². The van der Waals surface area contributed by atoms with Gasteiger partial charge in [-0.15, -0.1) is 0 Å². The van der Waals surface area contributed by atoms with Crippen LogP contribution in [-0.4, -0.2) is 24.5 Å². The van der Waals surface area contributed by atoms with Gasteiger partial charge in [-0.2, -0.15) is 5.26 Å². The Morgan fingerprint density at radius 1 is 1.55 bits per heavy atom. The molecule has 1 aliphatic heterocycles. The first kappa shape index (κ1) is 14.5. The van der Waals surface area contributed by atoms with E-state index in [0.717, 1.165) is 24.1 Å². The second kappa shape index (κ2) is 6.04. The van der Waals surface area contributed by atoms with Crippen LogP contribution in [0.25, 0.3) is 0 Å². The van der Waals surface area contributed by atoms with Crippen molar-refractivity contribution in [3.8, 4) is 6.07 Å². The summed E-state index contributed by atoms with van der Waals surface area (Å²) in [5.41, 5.74) is 8.42. The molecule has 0 aliphatic carbocycles. The van der Waals surface area contributed by atoms with Crippen LogP contribution in [0.5, 0.6) is 0 Å². The minimum absolute atomic E-state index is 0.0690. The van der Waals surface area contributed by atoms with Gasteiger partial charge < -0.3 is 16.4 Å². The molecule has 3 atom stereocenters. The van der Waals surface area contributed by atoms with Crippen molar-refractivity contribution in [2.24, 2.45) is 5.73 Å². The van der Waals surface area contributed by atoms with E-state index < -0.39 is 0 Å². The summed E-state index contributed by atoms with van der Waals surface area (Å²) in [5.74, 6) is -0.0690. The lowest BCUT2D eigenvalue weighted by Gasteiger charge is -2.28. The van der Waals surface area contributed by atoms with Crippen molar-refractivity contribution in [2.45, 2.75) is 38.4 Å². The zero-order chi connectivity index (χ0) is 14.7. The summed E-state index contributed by atoms with van der Waals surface area (Å²) in [4.78, 5) is 12.3. The Labute approximate surface area is 119 Å². The maximum atomic E-state index is 12.3. The summed E-state index contributed by atoms with van der Waals surface area (Å²) < 4.78 is 0. The van der Waals surface area contributed by atoms with Crippen molar-refractivity contribution >= 4 is 5.91 Å². The molecular weight excluding hydrogens is 252 g/mol. The van der Waals surface area contributed by atoms with Crippen molar-refractivity contribution in [1.82, 2.24) is 10.6 Å². The van der Waals surface area contributed by atoms with Crippen LogP contribution in [0.4, 0.5) is 0 Å². The number of fused-ring (bicyclic) bond motifs is 1. The van der Waals surface area contributed by atoms with Crippen molar-refractivity contribution in [3.63, 3.8) is 0 Å². The third kappa shape index (κ3) is 2.98. The van der Waals surface area contributed by atoms with E-state index in [9.17, 15) is 4.79 Å². The lowest BCUT2D eigenvalue weighted by molar-refractivity contribution is -0.124. The van der Waals surface area contributed by atoms with E-state index >= 15 is 0 Å². The molecule has 1 aliphatic rings. The first-order chi connectivity index (χ1) is 9.52. The van der Waals surface area contributed by atoms with Crippen LogP contribution < -0.4 is 16.4 Å². The summed E-state index contributed by atoms with van der Waals surface area (Å²) in [6, 6.07) is 7.07. The molecule has 3 unspecified atom stereocenters. The monoisotopic (exact) mass is 272 g/mol. The Morgan fingerprint density at radius 2 is 2.30 bits per heavy atom. The fourth-order valence-corrected chi connectivity index (χ4v) is 2.31. The molecule has 0 aromatic heterocycles. The molecule has 4 N–H and O–H groups in total. The standard InChI is InChI=1S/C15H20N4O/c1-9(17)10(2)19-15(20)14-13-4-3-11(8-16)7-12(13)5-6-18-14/h3-4,7,9-10,14,18H,5-6,17H2,1-2H3,(H,19,20). The molecule has 5 heteroatoms. The number of carbonyl (C=O) groups excluding carboxylic acids is 1. The lowest BCUT2D eigenvalue weighted by Crippen LogP contribution is -2.49. The van der Waals surface area contributed by atoms with E-state index in [-0.39, 0.29) is 24.0 Å². The smallest absolute Gasteiger partial charge is 0.242 e. The molecule has 5 nitrogen and oxygen atoms in total. The van der Waals surface area contributed by atoms with E-state index in [1.54, 1.807) is 6.07 Å². The predicted molar refractivity (Wildman–Crippen MR) is 76.9 cm³/mol. The molecule has 1 amide bonds. The summed E-state index contributed by atoms with van der Waals surface area (Å²) >= 11 is 0. The van der Waals surface area contributed by atoms with Gasteiger partial charge in [-0.3, -0.25) is 4.79 Å². The SMILES string of the molecule is CC(N)C(C)NC(=O)C1NCCc2cc(C#N)ccc21. The molecule has 0 radical (unpaired) electrons. The first-order valence-corrected chi connectivity index (χ1v) is 6.85. The average Bonchev–Trinajstić information content (AvgIpc) is 2.45. The number of nitrogens with one attached hydrogen (secondary N) is 2. The Kier molecular flexibility index (Phi) is 4.38. The van der Waals surface area contributed by atoms with Crippen LogP contribution in [0.2, 0.25) is 0 Å². The molecule has 0 saturated carbocycles. The number of nitrogens with two attached hydrogens (primary N) is 1. The largest absolute Gasteiger partial charge is 0.350 e. The molecule has 0 spiro atoms. The highest BCUT2D eigenvalue weighted by atomic mass is 16.2. The minimum Gasteiger partial charge on any atom is -0.350 e. The molecular formula is C15H20N4O. The number of hydrogen-bond acceptors (Lipinski definition) is 4. The van der Waals surface area contributed by atoms with Crippen LogP contribution in [0, 0.1) is 11.3 Å². The van der Waals surface area contributed by atoms with Crippen molar-refractivity contribution in [3.05, 3.63) is 34.9 Å². The molecule has 106 valence electrons. The summed E-state index contributed by atoms with van der Waals surface area (Å²) in [6.07, 6.45) is 0.831. The second-order valence-electron chi connectivity index (χ2n) is 5.32. The molecule has 20 heavy (non-hydrogen) atoms. The third-order valence-corrected chi connectivity index (χ3v) is 3.75. The fraction of sp³-hybridized carbons (Fsp3) is 0.467. The fourth-order valence-electron chi connectivity index (χ4n) is 2.31. The van der Waals surface area contributed by atoms with Crippen LogP contribution in [-0.2, 0) is 11.2 Å². The van der Waals surface area contributed by atoms with Crippen LogP contribution in [0.1, 0.15) is 36.6 Å².